The molecule has 0 bridgehead atoms. The molecule has 6 nitrogen and oxygen atoms in total. The van der Waals surface area contributed by atoms with Crippen LogP contribution in [0.1, 0.15) is 0 Å². The van der Waals surface area contributed by atoms with Crippen LogP contribution in [-0.2, 0) is 0 Å². The number of rotatable bonds is 0. The van der Waals surface area contributed by atoms with Crippen molar-refractivity contribution in [3.63, 3.8) is 0 Å². The van der Waals surface area contributed by atoms with Crippen molar-refractivity contribution < 1.29 is 0 Å². The van der Waals surface area contributed by atoms with Gasteiger partial charge in [-0.05, 0) is 24.3 Å². The molecule has 1 aromatic heterocycles. The third-order valence-electron chi connectivity index (χ3n) is 6.71. The van der Waals surface area contributed by atoms with Gasteiger partial charge in [0.2, 0.25) is 0 Å². The maximum Gasteiger partial charge on any atom is 0.196 e. The third kappa shape index (κ3) is 2.65. The van der Waals surface area contributed by atoms with E-state index < -0.39 is 0 Å². The number of hydrogen-bond donors (Lipinski definition) is 2. The summed E-state index contributed by atoms with van der Waals surface area (Å²) in [6.07, 6.45) is 0. The van der Waals surface area contributed by atoms with E-state index >= 15 is 0 Å². The van der Waals surface area contributed by atoms with Crippen LogP contribution in [-0.4, -0.2) is 9.97 Å². The van der Waals surface area contributed by atoms with E-state index in [-0.39, 0.29) is 34.1 Å². The van der Waals surface area contributed by atoms with E-state index in [9.17, 15) is 19.2 Å². The van der Waals surface area contributed by atoms with Gasteiger partial charge in [0, 0.05) is 32.3 Å². The van der Waals surface area contributed by atoms with Crippen molar-refractivity contribution in [2.75, 3.05) is 0 Å². The van der Waals surface area contributed by atoms with Gasteiger partial charge in [-0.25, -0.2) is 0 Å². The minimum Gasteiger partial charge on any atom is -0.351 e. The number of benzene rings is 6. The molecule has 0 spiro atoms. The van der Waals surface area contributed by atoms with Crippen molar-refractivity contribution in [2.24, 2.45) is 0 Å². The van der Waals surface area contributed by atoms with Gasteiger partial charge in [-0.15, -0.1) is 12.4 Å². The van der Waals surface area contributed by atoms with Crippen molar-refractivity contribution in [1.29, 1.82) is 0 Å². The number of fused-ring (bicyclic) bond motifs is 8. The van der Waals surface area contributed by atoms with E-state index in [0.717, 1.165) is 0 Å². The lowest BCUT2D eigenvalue weighted by Crippen LogP contribution is -2.14. The molecule has 7 heteroatoms. The molecule has 0 atom stereocenters. The quantitative estimate of drug-likeness (QED) is 0.246. The highest BCUT2D eigenvalue weighted by Crippen LogP contribution is 2.26. The van der Waals surface area contributed by atoms with Crippen molar-refractivity contribution in [1.82, 2.24) is 9.97 Å². The lowest BCUT2D eigenvalue weighted by molar-refractivity contribution is 1.41. The predicted octanol–water partition coefficient (Wildman–Crippen LogP) is 4.56. The summed E-state index contributed by atoms with van der Waals surface area (Å²) >= 11 is 0. The van der Waals surface area contributed by atoms with E-state index in [4.69, 9.17) is 0 Å². The first-order chi connectivity index (χ1) is 16.5. The highest BCUT2D eigenvalue weighted by molar-refractivity contribution is 6.14. The molecule has 2 N–H and O–H groups in total. The normalized spacial score (nSPS) is 11.7. The predicted molar refractivity (Wildman–Crippen MR) is 144 cm³/mol. The van der Waals surface area contributed by atoms with Gasteiger partial charge in [0.15, 0.2) is 21.7 Å². The van der Waals surface area contributed by atoms with Gasteiger partial charge < -0.3 is 9.97 Å². The van der Waals surface area contributed by atoms with Crippen LogP contribution in [0.4, 0.5) is 0 Å². The summed E-state index contributed by atoms with van der Waals surface area (Å²) in [5.74, 6) is 0. The maximum absolute atomic E-state index is 13.4. The maximum atomic E-state index is 13.4. The van der Waals surface area contributed by atoms with Crippen LogP contribution in [0.25, 0.3) is 65.2 Å². The Bertz CT molecular complexity index is 2110. The Morgan fingerprint density at radius 2 is 0.743 bits per heavy atom. The van der Waals surface area contributed by atoms with Crippen LogP contribution in [0.3, 0.4) is 0 Å². The molecule has 1 heterocycles. The SMILES string of the molecule is Cl.O=c1c2ccccc2c(=O)c2c1ccc1[nH]c3c(ccc4c(=O)c5ccccc5c(=O)c43)[nH]c12. The van der Waals surface area contributed by atoms with Crippen molar-refractivity contribution in [3.8, 4) is 0 Å². The Balaban J connectivity index is 0.00000229. The van der Waals surface area contributed by atoms with Gasteiger partial charge in [0.25, 0.3) is 0 Å². The molecule has 0 aliphatic heterocycles. The van der Waals surface area contributed by atoms with Gasteiger partial charge in [-0.1, -0.05) is 48.5 Å². The molecule has 0 saturated heterocycles. The summed E-state index contributed by atoms with van der Waals surface area (Å²) in [5.41, 5.74) is 1.18. The fourth-order valence-electron chi connectivity index (χ4n) is 5.11. The van der Waals surface area contributed by atoms with Gasteiger partial charge in [-0.2, -0.15) is 0 Å². The fourth-order valence-corrected chi connectivity index (χ4v) is 5.11. The van der Waals surface area contributed by atoms with Crippen molar-refractivity contribution >= 4 is 77.6 Å². The first-order valence-electron chi connectivity index (χ1n) is 10.8. The Kier molecular flexibility index (Phi) is 4.34. The molecule has 7 aromatic rings. The number of aromatic nitrogens is 2. The summed E-state index contributed by atoms with van der Waals surface area (Å²) in [6.45, 7) is 0. The van der Waals surface area contributed by atoms with Gasteiger partial charge in [0.05, 0.1) is 32.8 Å². The first kappa shape index (κ1) is 21.0. The van der Waals surface area contributed by atoms with Gasteiger partial charge in [-0.3, -0.25) is 19.2 Å². The van der Waals surface area contributed by atoms with Gasteiger partial charge >= 0.3 is 0 Å². The number of hydrogen-bond acceptors (Lipinski definition) is 4. The second-order valence-electron chi connectivity index (χ2n) is 8.48. The minimum atomic E-state index is -0.238. The molecule has 0 unspecified atom stereocenters. The lowest BCUT2D eigenvalue weighted by Gasteiger charge is -2.10. The average Bonchev–Trinajstić information content (AvgIpc) is 2.88. The molecule has 0 saturated carbocycles. The molecule has 168 valence electrons. The molecular weight excluding hydrogens is 464 g/mol. The van der Waals surface area contributed by atoms with E-state index in [0.29, 0.717) is 65.2 Å². The molecule has 0 radical (unpaired) electrons. The van der Waals surface area contributed by atoms with E-state index in [1.54, 1.807) is 72.8 Å². The highest BCUT2D eigenvalue weighted by atomic mass is 35.5. The number of nitrogens with one attached hydrogen (secondary N) is 2. The second kappa shape index (κ2) is 7.22. The Morgan fingerprint density at radius 1 is 0.400 bits per heavy atom. The third-order valence-corrected chi connectivity index (χ3v) is 6.71. The van der Waals surface area contributed by atoms with Crippen LogP contribution < -0.4 is 21.7 Å². The smallest absolute Gasteiger partial charge is 0.196 e. The van der Waals surface area contributed by atoms with Crippen LogP contribution in [0.2, 0.25) is 0 Å². The van der Waals surface area contributed by atoms with Crippen molar-refractivity contribution in [2.45, 2.75) is 0 Å². The summed E-state index contributed by atoms with van der Waals surface area (Å²) in [7, 11) is 0. The van der Waals surface area contributed by atoms with Crippen LogP contribution in [0.5, 0.6) is 0 Å². The van der Waals surface area contributed by atoms with E-state index in [2.05, 4.69) is 9.97 Å². The zero-order valence-corrected chi connectivity index (χ0v) is 18.8. The molecule has 0 amide bonds. The summed E-state index contributed by atoms with van der Waals surface area (Å²) in [5, 5.41) is 2.76. The summed E-state index contributed by atoms with van der Waals surface area (Å²) < 4.78 is 0. The molecule has 0 aliphatic carbocycles. The molecule has 7 rings (SSSR count). The lowest BCUT2D eigenvalue weighted by atomic mass is 9.99. The molecule has 35 heavy (non-hydrogen) atoms. The van der Waals surface area contributed by atoms with Gasteiger partial charge in [0.1, 0.15) is 0 Å². The standard InChI is InChI=1S/C28H14N2O4.ClH/c31-25-13-5-1-3-7-15(13)27(33)21-17(25)9-11-19-23(21)29-20-12-10-18-22(24(20)30-19)28(34)16-8-4-2-6-14(16)26(18)32;/h1-12,29-30H;1H. The number of halogens is 1. The minimum absolute atomic E-state index is 0. The Hall–Kier alpha value is -4.55. The summed E-state index contributed by atoms with van der Waals surface area (Å²) in [6, 6.07) is 20.3. The highest BCUT2D eigenvalue weighted by Gasteiger charge is 2.17. The monoisotopic (exact) mass is 478 g/mol. The van der Waals surface area contributed by atoms with Crippen LogP contribution in [0, 0.1) is 0 Å². The molecule has 6 aromatic carbocycles. The molecule has 0 fully saturated rings. The second-order valence-corrected chi connectivity index (χ2v) is 8.48. The molecule has 0 aliphatic rings. The van der Waals surface area contributed by atoms with E-state index in [1.165, 1.54) is 0 Å². The first-order valence-corrected chi connectivity index (χ1v) is 10.8. The van der Waals surface area contributed by atoms with Crippen molar-refractivity contribution in [3.05, 3.63) is 114 Å². The average molecular weight is 479 g/mol. The molecular formula is C28H15ClN2O4. The largest absolute Gasteiger partial charge is 0.351 e. The van der Waals surface area contributed by atoms with Crippen LogP contribution >= 0.6 is 12.4 Å². The Labute approximate surface area is 201 Å². The summed E-state index contributed by atoms with van der Waals surface area (Å²) in [4.78, 5) is 59.5. The topological polar surface area (TPSA) is 99.9 Å². The number of aromatic amines is 2. The Morgan fingerprint density at radius 3 is 1.11 bits per heavy atom. The van der Waals surface area contributed by atoms with Crippen LogP contribution in [0.15, 0.2) is 92.0 Å². The zero-order chi connectivity index (χ0) is 23.1. The number of H-pyrrole nitrogens is 2. The zero-order valence-electron chi connectivity index (χ0n) is 18.0. The fraction of sp³-hybridized carbons (Fsp3) is 0. The van der Waals surface area contributed by atoms with E-state index in [1.807, 2.05) is 0 Å².